The molecule has 0 fully saturated rings. The molecule has 31 heavy (non-hydrogen) atoms. The van der Waals surface area contributed by atoms with Gasteiger partial charge < -0.3 is 29.7 Å². The number of carbonyl (C=O) groups is 1. The van der Waals surface area contributed by atoms with Crippen LogP contribution < -0.4 is 29.7 Å². The molecule has 4 rings (SSSR count). The van der Waals surface area contributed by atoms with Gasteiger partial charge in [-0.2, -0.15) is 0 Å². The van der Waals surface area contributed by atoms with E-state index in [2.05, 4.69) is 15.6 Å². The Balaban J connectivity index is 0.00000272. The molecule has 8 nitrogen and oxygen atoms in total. The number of nitrogens with zero attached hydrogens (tertiary/aromatic N) is 2. The summed E-state index contributed by atoms with van der Waals surface area (Å²) in [6.07, 6.45) is 0.786. The molecule has 0 atom stereocenters. The number of ether oxygens (including phenoxy) is 3. The molecule has 0 saturated heterocycles. The van der Waals surface area contributed by atoms with Crippen LogP contribution in [-0.2, 0) is 11.3 Å². The van der Waals surface area contributed by atoms with E-state index < -0.39 is 0 Å². The number of amides is 1. The summed E-state index contributed by atoms with van der Waals surface area (Å²) in [5.41, 5.74) is 1.88. The third-order valence-electron chi connectivity index (χ3n) is 4.86. The highest BCUT2D eigenvalue weighted by Gasteiger charge is 2.24. The SMILES string of the molecule is CCNC(=NCc1ccc2c(c1)OCO2)NCCCN1C(=O)COc2ccccc21.I. The summed E-state index contributed by atoms with van der Waals surface area (Å²) in [6, 6.07) is 13.5. The number of carbonyl (C=O) groups excluding carboxylic acids is 1. The maximum Gasteiger partial charge on any atom is 0.265 e. The lowest BCUT2D eigenvalue weighted by Gasteiger charge is -2.29. The zero-order chi connectivity index (χ0) is 20.8. The predicted molar refractivity (Wildman–Crippen MR) is 130 cm³/mol. The zero-order valence-corrected chi connectivity index (χ0v) is 19.8. The van der Waals surface area contributed by atoms with Crippen molar-refractivity contribution in [2.75, 3.05) is 37.9 Å². The monoisotopic (exact) mass is 538 g/mol. The quantitative estimate of drug-likeness (QED) is 0.244. The lowest BCUT2D eigenvalue weighted by atomic mass is 10.2. The van der Waals surface area contributed by atoms with Crippen LogP contribution in [0.2, 0.25) is 0 Å². The van der Waals surface area contributed by atoms with Gasteiger partial charge in [0.25, 0.3) is 5.91 Å². The number of guanidine groups is 1. The highest BCUT2D eigenvalue weighted by atomic mass is 127. The standard InChI is InChI=1S/C22H26N4O4.HI/c1-2-23-22(25-13-16-8-9-19-20(12-16)30-15-29-19)24-10-5-11-26-17-6-3-4-7-18(17)28-14-21(26)27;/h3-4,6-9,12H,2,5,10-11,13-15H2,1H3,(H2,23,24,25);1H. The van der Waals surface area contributed by atoms with Gasteiger partial charge in [-0.15, -0.1) is 24.0 Å². The van der Waals surface area contributed by atoms with Crippen molar-refractivity contribution < 1.29 is 19.0 Å². The second-order valence-electron chi connectivity index (χ2n) is 6.96. The highest BCUT2D eigenvalue weighted by molar-refractivity contribution is 14.0. The molecule has 9 heteroatoms. The number of benzene rings is 2. The van der Waals surface area contributed by atoms with Crippen LogP contribution in [0.1, 0.15) is 18.9 Å². The second kappa shape index (κ2) is 11.1. The van der Waals surface area contributed by atoms with Crippen LogP contribution in [0.15, 0.2) is 47.5 Å². The first kappa shape index (κ1) is 23.0. The molecule has 2 aliphatic heterocycles. The average Bonchev–Trinajstić information content (AvgIpc) is 3.24. The number of fused-ring (bicyclic) bond motifs is 2. The molecule has 0 saturated carbocycles. The molecule has 2 aliphatic rings. The zero-order valence-electron chi connectivity index (χ0n) is 17.4. The largest absolute Gasteiger partial charge is 0.482 e. The number of rotatable bonds is 7. The number of nitrogens with one attached hydrogen (secondary N) is 2. The molecule has 0 aliphatic carbocycles. The Morgan fingerprint density at radius 3 is 2.77 bits per heavy atom. The number of para-hydroxylation sites is 2. The van der Waals surface area contributed by atoms with E-state index >= 15 is 0 Å². The molecule has 0 bridgehead atoms. The van der Waals surface area contributed by atoms with Crippen molar-refractivity contribution in [1.82, 2.24) is 10.6 Å². The highest BCUT2D eigenvalue weighted by Crippen LogP contribution is 2.33. The van der Waals surface area contributed by atoms with E-state index in [0.717, 1.165) is 47.4 Å². The molecule has 166 valence electrons. The molecule has 2 aromatic rings. The molecule has 0 radical (unpaired) electrons. The maximum absolute atomic E-state index is 12.3. The minimum atomic E-state index is -0.0166. The Morgan fingerprint density at radius 2 is 1.90 bits per heavy atom. The normalized spacial score (nSPS) is 14.4. The first-order chi connectivity index (χ1) is 14.7. The van der Waals surface area contributed by atoms with Crippen LogP contribution in [-0.4, -0.2) is 44.9 Å². The summed E-state index contributed by atoms with van der Waals surface area (Å²) in [7, 11) is 0. The molecule has 0 spiro atoms. The molecule has 2 N–H and O–H groups in total. The van der Waals surface area contributed by atoms with Crippen molar-refractivity contribution in [3.05, 3.63) is 48.0 Å². The van der Waals surface area contributed by atoms with Gasteiger partial charge >= 0.3 is 0 Å². The van der Waals surface area contributed by atoms with Crippen LogP contribution in [0.25, 0.3) is 0 Å². The summed E-state index contributed by atoms with van der Waals surface area (Å²) in [6.45, 7) is 4.99. The van der Waals surface area contributed by atoms with Crippen molar-refractivity contribution >= 4 is 41.5 Å². The second-order valence-corrected chi connectivity index (χ2v) is 6.96. The molecule has 0 aromatic heterocycles. The smallest absolute Gasteiger partial charge is 0.265 e. The van der Waals surface area contributed by atoms with Crippen molar-refractivity contribution in [1.29, 1.82) is 0 Å². The molecule has 1 amide bonds. The number of aliphatic imine (C=N–C) groups is 1. The van der Waals surface area contributed by atoms with Gasteiger partial charge in [-0.3, -0.25) is 4.79 Å². The molecular formula is C22H27IN4O4. The summed E-state index contributed by atoms with van der Waals surface area (Å²) in [4.78, 5) is 18.7. The Morgan fingerprint density at radius 1 is 1.06 bits per heavy atom. The van der Waals surface area contributed by atoms with Crippen molar-refractivity contribution in [2.24, 2.45) is 4.99 Å². The Hall–Kier alpha value is -2.69. The van der Waals surface area contributed by atoms with Crippen LogP contribution >= 0.6 is 24.0 Å². The van der Waals surface area contributed by atoms with Crippen LogP contribution in [0, 0.1) is 0 Å². The van der Waals surface area contributed by atoms with E-state index in [-0.39, 0.29) is 43.3 Å². The predicted octanol–water partition coefficient (Wildman–Crippen LogP) is 2.90. The number of halogens is 1. The summed E-state index contributed by atoms with van der Waals surface area (Å²) in [5, 5.41) is 6.59. The van der Waals surface area contributed by atoms with Crippen molar-refractivity contribution in [3.63, 3.8) is 0 Å². The van der Waals surface area contributed by atoms with Crippen LogP contribution in [0.4, 0.5) is 5.69 Å². The van der Waals surface area contributed by atoms with E-state index in [4.69, 9.17) is 14.2 Å². The number of hydrogen-bond acceptors (Lipinski definition) is 5. The van der Waals surface area contributed by atoms with E-state index in [0.29, 0.717) is 19.6 Å². The van der Waals surface area contributed by atoms with E-state index in [1.165, 1.54) is 0 Å². The fourth-order valence-corrected chi connectivity index (χ4v) is 3.39. The topological polar surface area (TPSA) is 84.4 Å². The lowest BCUT2D eigenvalue weighted by Crippen LogP contribution is -2.42. The van der Waals surface area contributed by atoms with E-state index in [1.54, 1.807) is 4.90 Å². The van der Waals surface area contributed by atoms with Gasteiger partial charge in [0, 0.05) is 19.6 Å². The van der Waals surface area contributed by atoms with Gasteiger partial charge in [0.2, 0.25) is 6.79 Å². The summed E-state index contributed by atoms with van der Waals surface area (Å²) >= 11 is 0. The first-order valence-electron chi connectivity index (χ1n) is 10.2. The fourth-order valence-electron chi connectivity index (χ4n) is 3.39. The van der Waals surface area contributed by atoms with E-state index in [9.17, 15) is 4.79 Å². The third-order valence-corrected chi connectivity index (χ3v) is 4.86. The number of anilines is 1. The average molecular weight is 538 g/mol. The Bertz CT molecular complexity index is 937. The van der Waals surface area contributed by atoms with E-state index in [1.807, 2.05) is 49.4 Å². The van der Waals surface area contributed by atoms with Crippen LogP contribution in [0.3, 0.4) is 0 Å². The fraction of sp³-hybridized carbons (Fsp3) is 0.364. The van der Waals surface area contributed by atoms with Crippen LogP contribution in [0.5, 0.6) is 17.2 Å². The molecule has 2 heterocycles. The minimum absolute atomic E-state index is 0. The molecular weight excluding hydrogens is 511 g/mol. The van der Waals surface area contributed by atoms with Gasteiger partial charge in [-0.1, -0.05) is 18.2 Å². The minimum Gasteiger partial charge on any atom is -0.482 e. The van der Waals surface area contributed by atoms with Gasteiger partial charge in [0.15, 0.2) is 24.1 Å². The first-order valence-corrected chi connectivity index (χ1v) is 10.2. The Kier molecular flexibility index (Phi) is 8.21. The Labute approximate surface area is 199 Å². The summed E-state index contributed by atoms with van der Waals surface area (Å²) in [5.74, 6) is 3.01. The molecule has 2 aromatic carbocycles. The molecule has 0 unspecified atom stereocenters. The van der Waals surface area contributed by atoms with Gasteiger partial charge in [0.05, 0.1) is 12.2 Å². The van der Waals surface area contributed by atoms with Gasteiger partial charge in [-0.25, -0.2) is 4.99 Å². The van der Waals surface area contributed by atoms with Gasteiger partial charge in [-0.05, 0) is 43.2 Å². The summed E-state index contributed by atoms with van der Waals surface area (Å²) < 4.78 is 16.3. The number of hydrogen-bond donors (Lipinski definition) is 2. The van der Waals surface area contributed by atoms with Gasteiger partial charge in [0.1, 0.15) is 5.75 Å². The van der Waals surface area contributed by atoms with Crippen molar-refractivity contribution in [2.45, 2.75) is 19.9 Å². The van der Waals surface area contributed by atoms with Crippen molar-refractivity contribution in [3.8, 4) is 17.2 Å². The third kappa shape index (κ3) is 5.72. The maximum atomic E-state index is 12.3. The lowest BCUT2D eigenvalue weighted by molar-refractivity contribution is -0.121.